The van der Waals surface area contributed by atoms with E-state index in [0.717, 1.165) is 38.3 Å². The van der Waals surface area contributed by atoms with Gasteiger partial charge < -0.3 is 10.1 Å². The van der Waals surface area contributed by atoms with Gasteiger partial charge in [0.15, 0.2) is 0 Å². The summed E-state index contributed by atoms with van der Waals surface area (Å²) in [4.78, 5) is 16.4. The van der Waals surface area contributed by atoms with Gasteiger partial charge in [0.1, 0.15) is 0 Å². The predicted molar refractivity (Wildman–Crippen MR) is 95.2 cm³/mol. The van der Waals surface area contributed by atoms with Crippen molar-refractivity contribution in [3.05, 3.63) is 53.5 Å². The molecule has 0 radical (unpaired) electrons. The number of aromatic nitrogens is 3. The molecule has 6 heteroatoms. The molecule has 0 bridgehead atoms. The maximum atomic E-state index is 10.8. The van der Waals surface area contributed by atoms with Crippen molar-refractivity contribution in [2.24, 2.45) is 0 Å². The lowest BCUT2D eigenvalue weighted by molar-refractivity contribution is -0.136. The van der Waals surface area contributed by atoms with Gasteiger partial charge in [-0.25, -0.2) is 0 Å². The molecule has 0 aliphatic carbocycles. The number of aliphatic carboxylic acids is 1. The van der Waals surface area contributed by atoms with Crippen molar-refractivity contribution < 1.29 is 9.90 Å². The minimum Gasteiger partial charge on any atom is -0.481 e. The molecule has 6 nitrogen and oxygen atoms in total. The van der Waals surface area contributed by atoms with Crippen molar-refractivity contribution in [2.75, 3.05) is 6.54 Å². The van der Waals surface area contributed by atoms with Crippen molar-refractivity contribution in [1.82, 2.24) is 19.7 Å². The van der Waals surface area contributed by atoms with E-state index >= 15 is 0 Å². The molecule has 0 atom stereocenters. The highest BCUT2D eigenvalue weighted by Crippen LogP contribution is 2.19. The van der Waals surface area contributed by atoms with Crippen molar-refractivity contribution in [1.29, 1.82) is 0 Å². The third-order valence-electron chi connectivity index (χ3n) is 4.76. The first-order valence-corrected chi connectivity index (χ1v) is 8.73. The fraction of sp³-hybridized carbons (Fsp3) is 0.368. The number of nitrogens with zero attached hydrogens (tertiary/aromatic N) is 3. The molecule has 3 aromatic rings. The molecular formula is C19H22N4O2. The van der Waals surface area contributed by atoms with Crippen LogP contribution < -0.4 is 0 Å². The molecule has 0 spiro atoms. The van der Waals surface area contributed by atoms with Crippen LogP contribution in [-0.2, 0) is 30.8 Å². The van der Waals surface area contributed by atoms with Gasteiger partial charge in [0.2, 0.25) is 0 Å². The van der Waals surface area contributed by atoms with Crippen LogP contribution in [0.3, 0.4) is 0 Å². The Morgan fingerprint density at radius 1 is 1.24 bits per heavy atom. The Bertz CT molecular complexity index is 896. The molecule has 4 rings (SSSR count). The normalized spacial score (nSPS) is 15.2. The fourth-order valence-corrected chi connectivity index (χ4v) is 3.54. The Morgan fingerprint density at radius 2 is 2.16 bits per heavy atom. The van der Waals surface area contributed by atoms with E-state index in [-0.39, 0.29) is 6.42 Å². The molecule has 2 N–H and O–H groups in total. The first kappa shape index (κ1) is 15.9. The molecule has 1 aliphatic rings. The van der Waals surface area contributed by atoms with E-state index in [4.69, 9.17) is 5.11 Å². The Balaban J connectivity index is 1.47. The molecule has 2 aromatic heterocycles. The lowest BCUT2D eigenvalue weighted by Crippen LogP contribution is -2.22. The van der Waals surface area contributed by atoms with Gasteiger partial charge >= 0.3 is 5.97 Å². The molecule has 3 heterocycles. The molecule has 1 aliphatic heterocycles. The van der Waals surface area contributed by atoms with Gasteiger partial charge in [0.25, 0.3) is 0 Å². The third-order valence-corrected chi connectivity index (χ3v) is 4.76. The minimum atomic E-state index is -0.773. The Kier molecular flexibility index (Phi) is 4.28. The first-order valence-electron chi connectivity index (χ1n) is 8.73. The SMILES string of the molecule is O=C(O)CCc1cc2n(n1)CCCN(Cc1ccc3[nH]ccc3c1)C2. The van der Waals surface area contributed by atoms with Gasteiger partial charge in [0, 0.05) is 44.3 Å². The summed E-state index contributed by atoms with van der Waals surface area (Å²) in [6.07, 6.45) is 3.66. The summed E-state index contributed by atoms with van der Waals surface area (Å²) in [7, 11) is 0. The van der Waals surface area contributed by atoms with E-state index in [1.165, 1.54) is 22.2 Å². The highest BCUT2D eigenvalue weighted by atomic mass is 16.4. The number of carbonyl (C=O) groups is 1. The van der Waals surface area contributed by atoms with Crippen LogP contribution in [0.2, 0.25) is 0 Å². The highest BCUT2D eigenvalue weighted by molar-refractivity contribution is 5.79. The van der Waals surface area contributed by atoms with Crippen molar-refractivity contribution >= 4 is 16.9 Å². The summed E-state index contributed by atoms with van der Waals surface area (Å²) in [6.45, 7) is 3.71. The smallest absolute Gasteiger partial charge is 0.303 e. The Labute approximate surface area is 146 Å². The van der Waals surface area contributed by atoms with Gasteiger partial charge in [-0.05, 0) is 41.6 Å². The second-order valence-electron chi connectivity index (χ2n) is 6.71. The van der Waals surface area contributed by atoms with E-state index in [9.17, 15) is 4.79 Å². The van der Waals surface area contributed by atoms with Gasteiger partial charge in [-0.15, -0.1) is 0 Å². The standard InChI is InChI=1S/C19H22N4O2/c24-19(25)5-3-16-11-17-13-22(8-1-9-23(17)21-16)12-14-2-4-18-15(10-14)6-7-20-18/h2,4,6-7,10-11,20H,1,3,5,8-9,12-13H2,(H,24,25). The zero-order valence-corrected chi connectivity index (χ0v) is 14.1. The number of aryl methyl sites for hydroxylation is 2. The van der Waals surface area contributed by atoms with Crippen molar-refractivity contribution in [3.8, 4) is 0 Å². The molecule has 0 saturated carbocycles. The fourth-order valence-electron chi connectivity index (χ4n) is 3.54. The van der Waals surface area contributed by atoms with E-state index < -0.39 is 5.97 Å². The molecule has 1 aromatic carbocycles. The monoisotopic (exact) mass is 338 g/mol. The zero-order valence-electron chi connectivity index (χ0n) is 14.1. The van der Waals surface area contributed by atoms with E-state index in [1.54, 1.807) is 0 Å². The van der Waals surface area contributed by atoms with Crippen LogP contribution in [0.5, 0.6) is 0 Å². The van der Waals surface area contributed by atoms with E-state index in [1.807, 2.05) is 10.9 Å². The van der Waals surface area contributed by atoms with Crippen molar-refractivity contribution in [3.63, 3.8) is 0 Å². The minimum absolute atomic E-state index is 0.136. The average Bonchev–Trinajstić information content (AvgIpc) is 3.15. The van der Waals surface area contributed by atoms with Crippen LogP contribution >= 0.6 is 0 Å². The number of H-pyrrole nitrogens is 1. The Morgan fingerprint density at radius 3 is 3.04 bits per heavy atom. The van der Waals surface area contributed by atoms with Crippen molar-refractivity contribution in [2.45, 2.75) is 38.9 Å². The highest BCUT2D eigenvalue weighted by Gasteiger charge is 2.17. The quantitative estimate of drug-likeness (QED) is 0.750. The van der Waals surface area contributed by atoms with Crippen LogP contribution in [0.4, 0.5) is 0 Å². The van der Waals surface area contributed by atoms with Gasteiger partial charge in [0.05, 0.1) is 17.8 Å². The van der Waals surface area contributed by atoms with E-state index in [2.05, 4.69) is 45.3 Å². The third kappa shape index (κ3) is 3.58. The number of carboxylic acid groups (broad SMARTS) is 1. The molecular weight excluding hydrogens is 316 g/mol. The number of hydrogen-bond acceptors (Lipinski definition) is 3. The number of aromatic amines is 1. The summed E-state index contributed by atoms with van der Waals surface area (Å²) in [5.74, 6) is -0.773. The summed E-state index contributed by atoms with van der Waals surface area (Å²) in [6, 6.07) is 10.7. The second kappa shape index (κ2) is 6.72. The number of rotatable bonds is 5. The maximum Gasteiger partial charge on any atom is 0.303 e. The Hall–Kier alpha value is -2.60. The lowest BCUT2D eigenvalue weighted by atomic mass is 10.1. The van der Waals surface area contributed by atoms with Gasteiger partial charge in [-0.1, -0.05) is 6.07 Å². The molecule has 130 valence electrons. The zero-order chi connectivity index (χ0) is 17.2. The number of carboxylic acids is 1. The van der Waals surface area contributed by atoms with Crippen LogP contribution in [0, 0.1) is 0 Å². The van der Waals surface area contributed by atoms with Crippen LogP contribution in [0.15, 0.2) is 36.5 Å². The largest absolute Gasteiger partial charge is 0.481 e. The predicted octanol–water partition coefficient (Wildman–Crippen LogP) is 2.79. The van der Waals surface area contributed by atoms with Gasteiger partial charge in [-0.3, -0.25) is 14.4 Å². The lowest BCUT2D eigenvalue weighted by Gasteiger charge is -2.19. The maximum absolute atomic E-state index is 10.8. The first-order chi connectivity index (χ1) is 12.2. The number of benzene rings is 1. The van der Waals surface area contributed by atoms with Crippen LogP contribution in [0.1, 0.15) is 29.8 Å². The van der Waals surface area contributed by atoms with Crippen LogP contribution in [-0.4, -0.2) is 37.3 Å². The molecule has 25 heavy (non-hydrogen) atoms. The molecule has 0 saturated heterocycles. The number of nitrogens with one attached hydrogen (secondary N) is 1. The summed E-state index contributed by atoms with van der Waals surface area (Å²) >= 11 is 0. The topological polar surface area (TPSA) is 74.2 Å². The van der Waals surface area contributed by atoms with E-state index in [0.29, 0.717) is 6.42 Å². The number of hydrogen-bond donors (Lipinski definition) is 2. The number of fused-ring (bicyclic) bond motifs is 2. The summed E-state index contributed by atoms with van der Waals surface area (Å²) in [5, 5.41) is 14.7. The van der Waals surface area contributed by atoms with Gasteiger partial charge in [-0.2, -0.15) is 5.10 Å². The summed E-state index contributed by atoms with van der Waals surface area (Å²) in [5.41, 5.74) is 4.54. The summed E-state index contributed by atoms with van der Waals surface area (Å²) < 4.78 is 2.05. The molecule has 0 unspecified atom stereocenters. The average molecular weight is 338 g/mol. The second-order valence-corrected chi connectivity index (χ2v) is 6.71. The van der Waals surface area contributed by atoms with Crippen LogP contribution in [0.25, 0.3) is 10.9 Å². The molecule has 0 fully saturated rings. The molecule has 0 amide bonds.